The molecule has 0 aliphatic carbocycles. The number of anilines is 1. The van der Waals surface area contributed by atoms with E-state index in [0.717, 1.165) is 76.2 Å². The molecule has 0 radical (unpaired) electrons. The van der Waals surface area contributed by atoms with E-state index in [1.807, 2.05) is 25.1 Å². The van der Waals surface area contributed by atoms with Crippen LogP contribution >= 0.6 is 24.0 Å². The number of hydrogen-bond donors (Lipinski definition) is 2. The third kappa shape index (κ3) is 8.83. The van der Waals surface area contributed by atoms with Crippen molar-refractivity contribution in [2.24, 2.45) is 4.99 Å². The van der Waals surface area contributed by atoms with E-state index >= 15 is 0 Å². The van der Waals surface area contributed by atoms with Crippen LogP contribution in [0, 0.1) is 0 Å². The first-order chi connectivity index (χ1) is 13.3. The molecule has 1 aliphatic rings. The van der Waals surface area contributed by atoms with Gasteiger partial charge in [-0.25, -0.2) is 0 Å². The molecule has 0 saturated carbocycles. The van der Waals surface area contributed by atoms with Crippen molar-refractivity contribution in [1.82, 2.24) is 10.2 Å². The number of methoxy groups -OCH3 is 1. The molecule has 0 amide bonds. The van der Waals surface area contributed by atoms with Gasteiger partial charge in [-0.3, -0.25) is 9.89 Å². The van der Waals surface area contributed by atoms with Crippen LogP contribution in [0.3, 0.4) is 0 Å². The fourth-order valence-corrected chi connectivity index (χ4v) is 2.93. The minimum absolute atomic E-state index is 0. The highest BCUT2D eigenvalue weighted by Crippen LogP contribution is 2.30. The first-order valence-electron chi connectivity index (χ1n) is 9.93. The molecule has 7 nitrogen and oxygen atoms in total. The molecule has 2 N–H and O–H groups in total. The third-order valence-corrected chi connectivity index (χ3v) is 4.33. The van der Waals surface area contributed by atoms with Gasteiger partial charge in [-0.05, 0) is 45.4 Å². The molecule has 28 heavy (non-hydrogen) atoms. The van der Waals surface area contributed by atoms with Crippen LogP contribution in [0.2, 0.25) is 0 Å². The first kappa shape index (κ1) is 24.8. The minimum Gasteiger partial charge on any atom is -0.493 e. The lowest BCUT2D eigenvalue weighted by molar-refractivity contribution is 0.0373. The molecule has 1 aliphatic heterocycles. The Morgan fingerprint density at radius 2 is 1.96 bits per heavy atom. The zero-order chi connectivity index (χ0) is 19.3. The number of unbranched alkanes of at least 4 members (excludes halogenated alkanes) is 1. The van der Waals surface area contributed by atoms with Crippen LogP contribution in [0.15, 0.2) is 23.2 Å². The first-order valence-corrected chi connectivity index (χ1v) is 9.93. The van der Waals surface area contributed by atoms with Gasteiger partial charge in [-0.15, -0.1) is 24.0 Å². The molecule has 160 valence electrons. The van der Waals surface area contributed by atoms with Gasteiger partial charge in [0.25, 0.3) is 0 Å². The zero-order valence-electron chi connectivity index (χ0n) is 17.3. The smallest absolute Gasteiger partial charge is 0.195 e. The van der Waals surface area contributed by atoms with Crippen LogP contribution in [0.5, 0.6) is 11.5 Å². The highest BCUT2D eigenvalue weighted by molar-refractivity contribution is 14.0. The van der Waals surface area contributed by atoms with Gasteiger partial charge in [0.15, 0.2) is 17.5 Å². The lowest BCUT2D eigenvalue weighted by Gasteiger charge is -2.26. The standard InChI is InChI=1S/C20H34N4O3.HI/c1-4-21-20(22-10-6-7-11-24-12-14-26-15-13-24)23-17-8-9-18(27-5-2)19(16-17)25-3;/h8-9,16H,4-7,10-15H2,1-3H3,(H2,21,22,23);1H. The van der Waals surface area contributed by atoms with Crippen LogP contribution in [0.4, 0.5) is 5.69 Å². The van der Waals surface area contributed by atoms with Gasteiger partial charge < -0.3 is 24.8 Å². The Hall–Kier alpha value is -1.26. The van der Waals surface area contributed by atoms with Crippen molar-refractivity contribution in [3.05, 3.63) is 18.2 Å². The number of ether oxygens (including phenoxy) is 3. The summed E-state index contributed by atoms with van der Waals surface area (Å²) in [6, 6.07) is 5.81. The molecule has 0 spiro atoms. The molecule has 2 rings (SSSR count). The number of morpholine rings is 1. The number of aliphatic imine (C=N–C) groups is 1. The van der Waals surface area contributed by atoms with Crippen molar-refractivity contribution >= 4 is 35.6 Å². The maximum Gasteiger partial charge on any atom is 0.195 e. The van der Waals surface area contributed by atoms with Gasteiger partial charge >= 0.3 is 0 Å². The maximum absolute atomic E-state index is 5.57. The van der Waals surface area contributed by atoms with E-state index in [1.165, 1.54) is 0 Å². The van der Waals surface area contributed by atoms with Gasteiger partial charge in [0.2, 0.25) is 0 Å². The lowest BCUT2D eigenvalue weighted by atomic mass is 10.2. The molecule has 1 aromatic carbocycles. The van der Waals surface area contributed by atoms with E-state index in [0.29, 0.717) is 12.4 Å². The van der Waals surface area contributed by atoms with E-state index in [9.17, 15) is 0 Å². The van der Waals surface area contributed by atoms with Crippen molar-refractivity contribution in [3.8, 4) is 11.5 Å². The second-order valence-corrected chi connectivity index (χ2v) is 6.35. The van der Waals surface area contributed by atoms with Crippen LogP contribution in [0.1, 0.15) is 26.7 Å². The minimum atomic E-state index is 0. The predicted octanol–water partition coefficient (Wildman–Crippen LogP) is 3.20. The fraction of sp³-hybridized carbons (Fsp3) is 0.650. The summed E-state index contributed by atoms with van der Waals surface area (Å²) >= 11 is 0. The Morgan fingerprint density at radius 3 is 2.64 bits per heavy atom. The summed E-state index contributed by atoms with van der Waals surface area (Å²) in [6.07, 6.45) is 2.22. The summed E-state index contributed by atoms with van der Waals surface area (Å²) in [4.78, 5) is 7.15. The molecule has 0 bridgehead atoms. The largest absolute Gasteiger partial charge is 0.493 e. The topological polar surface area (TPSA) is 67.4 Å². The molecule has 1 aromatic rings. The summed E-state index contributed by atoms with van der Waals surface area (Å²) in [5.41, 5.74) is 0.920. The second-order valence-electron chi connectivity index (χ2n) is 6.35. The summed E-state index contributed by atoms with van der Waals surface area (Å²) in [5.74, 6) is 2.24. The quantitative estimate of drug-likeness (QED) is 0.220. The Morgan fingerprint density at radius 1 is 1.18 bits per heavy atom. The molecule has 0 aromatic heterocycles. The number of rotatable bonds is 10. The summed E-state index contributed by atoms with van der Waals surface area (Å²) in [5, 5.41) is 6.63. The van der Waals surface area contributed by atoms with Crippen molar-refractivity contribution in [2.45, 2.75) is 26.7 Å². The summed E-state index contributed by atoms with van der Waals surface area (Å²) in [6.45, 7) is 11.2. The predicted molar refractivity (Wildman–Crippen MR) is 126 cm³/mol. The lowest BCUT2D eigenvalue weighted by Crippen LogP contribution is -2.36. The monoisotopic (exact) mass is 506 g/mol. The number of nitrogens with one attached hydrogen (secondary N) is 2. The average molecular weight is 506 g/mol. The summed E-state index contributed by atoms with van der Waals surface area (Å²) < 4.78 is 16.4. The van der Waals surface area contributed by atoms with Crippen LogP contribution in [0.25, 0.3) is 0 Å². The maximum atomic E-state index is 5.57. The van der Waals surface area contributed by atoms with Crippen LogP contribution in [-0.2, 0) is 4.74 Å². The number of hydrogen-bond acceptors (Lipinski definition) is 5. The Balaban J connectivity index is 0.00000392. The van der Waals surface area contributed by atoms with E-state index in [-0.39, 0.29) is 24.0 Å². The molecule has 0 unspecified atom stereocenters. The molecule has 1 fully saturated rings. The Labute approximate surface area is 186 Å². The van der Waals surface area contributed by atoms with Gasteiger partial charge in [0.1, 0.15) is 0 Å². The van der Waals surface area contributed by atoms with E-state index < -0.39 is 0 Å². The molecule has 1 saturated heterocycles. The highest BCUT2D eigenvalue weighted by atomic mass is 127. The van der Waals surface area contributed by atoms with Crippen molar-refractivity contribution in [3.63, 3.8) is 0 Å². The molecule has 8 heteroatoms. The van der Waals surface area contributed by atoms with Crippen LogP contribution in [-0.4, -0.2) is 70.5 Å². The second kappa shape index (κ2) is 14.7. The van der Waals surface area contributed by atoms with E-state index in [4.69, 9.17) is 14.2 Å². The number of nitrogens with zero attached hydrogens (tertiary/aromatic N) is 2. The van der Waals surface area contributed by atoms with E-state index in [1.54, 1.807) is 7.11 Å². The van der Waals surface area contributed by atoms with Gasteiger partial charge in [0, 0.05) is 37.9 Å². The molecular formula is C20H35IN4O3. The van der Waals surface area contributed by atoms with Gasteiger partial charge in [-0.2, -0.15) is 0 Å². The Bertz CT molecular complexity index is 581. The average Bonchev–Trinajstić information content (AvgIpc) is 2.70. The zero-order valence-corrected chi connectivity index (χ0v) is 19.7. The SMILES string of the molecule is CCNC(=NCCCCN1CCOCC1)Nc1ccc(OCC)c(OC)c1.I. The molecular weight excluding hydrogens is 471 g/mol. The molecule has 1 heterocycles. The number of guanidine groups is 1. The fourth-order valence-electron chi connectivity index (χ4n) is 2.93. The van der Waals surface area contributed by atoms with E-state index in [2.05, 4.69) is 27.4 Å². The van der Waals surface area contributed by atoms with Crippen molar-refractivity contribution in [2.75, 3.05) is 65.0 Å². The number of halogens is 1. The van der Waals surface area contributed by atoms with Crippen molar-refractivity contribution in [1.29, 1.82) is 0 Å². The summed E-state index contributed by atoms with van der Waals surface area (Å²) in [7, 11) is 1.65. The molecule has 0 atom stereocenters. The van der Waals surface area contributed by atoms with Crippen LogP contribution < -0.4 is 20.1 Å². The van der Waals surface area contributed by atoms with Gasteiger partial charge in [0.05, 0.1) is 26.9 Å². The normalized spacial score (nSPS) is 14.9. The van der Waals surface area contributed by atoms with Gasteiger partial charge in [-0.1, -0.05) is 0 Å². The van der Waals surface area contributed by atoms with Crippen molar-refractivity contribution < 1.29 is 14.2 Å². The third-order valence-electron chi connectivity index (χ3n) is 4.33. The Kier molecular flexibility index (Phi) is 13.0. The highest BCUT2D eigenvalue weighted by Gasteiger charge is 2.09. The number of benzene rings is 1.